The molecule has 0 aromatic heterocycles. The Hall–Kier alpha value is -0.0800. The van der Waals surface area contributed by atoms with E-state index in [4.69, 9.17) is 4.74 Å². The van der Waals surface area contributed by atoms with E-state index >= 15 is 0 Å². The summed E-state index contributed by atoms with van der Waals surface area (Å²) in [4.78, 5) is 2.50. The fourth-order valence-corrected chi connectivity index (χ4v) is 2.12. The number of rotatable bonds is 9. The molecule has 0 bridgehead atoms. The van der Waals surface area contributed by atoms with Crippen molar-refractivity contribution in [1.82, 2.24) is 4.90 Å². The number of nitrogens with zero attached hydrogens (tertiary/aromatic N) is 1. The van der Waals surface area contributed by atoms with E-state index < -0.39 is 0 Å². The van der Waals surface area contributed by atoms with Crippen molar-refractivity contribution >= 4 is 0 Å². The molecule has 0 spiro atoms. The predicted molar refractivity (Wildman–Crippen MR) is 65.1 cm³/mol. The summed E-state index contributed by atoms with van der Waals surface area (Å²) < 4.78 is 5.21. The van der Waals surface area contributed by atoms with Gasteiger partial charge in [-0.15, -0.1) is 0 Å². The van der Waals surface area contributed by atoms with Gasteiger partial charge in [-0.3, -0.25) is 0 Å². The van der Waals surface area contributed by atoms with Gasteiger partial charge in [0.15, 0.2) is 0 Å². The quantitative estimate of drug-likeness (QED) is 0.584. The second-order valence-corrected chi connectivity index (χ2v) is 5.08. The molecule has 0 aromatic rings. The lowest BCUT2D eigenvalue weighted by Crippen LogP contribution is -2.23. The van der Waals surface area contributed by atoms with Crippen molar-refractivity contribution in [1.29, 1.82) is 0 Å². The van der Waals surface area contributed by atoms with Crippen LogP contribution in [0.2, 0.25) is 0 Å². The highest BCUT2D eigenvalue weighted by atomic mass is 16.5. The van der Waals surface area contributed by atoms with Gasteiger partial charge >= 0.3 is 0 Å². The number of hydrogen-bond donors (Lipinski definition) is 0. The van der Waals surface area contributed by atoms with Gasteiger partial charge in [-0.25, -0.2) is 0 Å². The molecule has 1 fully saturated rings. The van der Waals surface area contributed by atoms with Crippen LogP contribution in [-0.4, -0.2) is 38.8 Å². The average molecular weight is 213 g/mol. The van der Waals surface area contributed by atoms with Crippen LogP contribution in [-0.2, 0) is 4.74 Å². The summed E-state index contributed by atoms with van der Waals surface area (Å²) in [5.41, 5.74) is 0. The molecule has 0 N–H and O–H groups in total. The zero-order valence-electron chi connectivity index (χ0n) is 10.7. The molecule has 1 saturated carbocycles. The number of methoxy groups -OCH3 is 1. The molecule has 1 aliphatic rings. The zero-order valence-corrected chi connectivity index (χ0v) is 10.7. The van der Waals surface area contributed by atoms with Gasteiger partial charge in [0.05, 0.1) is 0 Å². The maximum atomic E-state index is 5.21. The first-order chi connectivity index (χ1) is 7.26. The first kappa shape index (κ1) is 13.0. The van der Waals surface area contributed by atoms with Crippen LogP contribution in [0.5, 0.6) is 0 Å². The molecule has 0 radical (unpaired) electrons. The molecule has 1 rings (SSSR count). The van der Waals surface area contributed by atoms with Gasteiger partial charge in [-0.2, -0.15) is 0 Å². The Morgan fingerprint density at radius 2 is 2.13 bits per heavy atom. The average Bonchev–Trinajstić information content (AvgIpc) is 3.00. The van der Waals surface area contributed by atoms with E-state index in [1.165, 1.54) is 45.2 Å². The molecule has 2 heteroatoms. The van der Waals surface area contributed by atoms with Gasteiger partial charge in [0.1, 0.15) is 0 Å². The van der Waals surface area contributed by atoms with Crippen LogP contribution >= 0.6 is 0 Å². The van der Waals surface area contributed by atoms with E-state index in [1.807, 2.05) is 7.11 Å². The third-order valence-corrected chi connectivity index (χ3v) is 3.40. The Kier molecular flexibility index (Phi) is 6.26. The van der Waals surface area contributed by atoms with Gasteiger partial charge in [0.2, 0.25) is 0 Å². The number of hydrogen-bond acceptors (Lipinski definition) is 2. The van der Waals surface area contributed by atoms with Crippen LogP contribution in [0.15, 0.2) is 0 Å². The van der Waals surface area contributed by atoms with Crippen LogP contribution in [0.25, 0.3) is 0 Å². The minimum atomic E-state index is 0.768. The highest BCUT2D eigenvalue weighted by Gasteiger charge is 2.22. The van der Waals surface area contributed by atoms with Crippen molar-refractivity contribution in [3.63, 3.8) is 0 Å². The van der Waals surface area contributed by atoms with Crippen LogP contribution < -0.4 is 0 Å². The zero-order chi connectivity index (χ0) is 11.1. The van der Waals surface area contributed by atoms with Crippen molar-refractivity contribution in [2.24, 2.45) is 11.8 Å². The smallest absolute Gasteiger partial charge is 0.0490 e. The Morgan fingerprint density at radius 1 is 1.40 bits per heavy atom. The minimum absolute atomic E-state index is 0.768. The van der Waals surface area contributed by atoms with Gasteiger partial charge < -0.3 is 9.64 Å². The molecule has 0 aliphatic heterocycles. The molecule has 1 unspecified atom stereocenters. The highest BCUT2D eigenvalue weighted by Crippen LogP contribution is 2.29. The van der Waals surface area contributed by atoms with E-state index in [1.54, 1.807) is 0 Å². The van der Waals surface area contributed by atoms with Crippen molar-refractivity contribution in [2.75, 3.05) is 33.9 Å². The molecule has 0 saturated heterocycles. The van der Waals surface area contributed by atoms with Crippen molar-refractivity contribution in [2.45, 2.75) is 39.0 Å². The third kappa shape index (κ3) is 6.16. The summed E-state index contributed by atoms with van der Waals surface area (Å²) in [6.45, 7) is 5.78. The molecule has 0 amide bonds. The Morgan fingerprint density at radius 3 is 2.67 bits per heavy atom. The summed E-state index contributed by atoms with van der Waals surface area (Å²) in [7, 11) is 4.07. The number of ether oxygens (including phenoxy) is 1. The highest BCUT2D eigenvalue weighted by molar-refractivity contribution is 4.76. The molecule has 0 heterocycles. The molecule has 2 nitrogen and oxygen atoms in total. The molecule has 0 aromatic carbocycles. The molecule has 1 atom stereocenters. The third-order valence-electron chi connectivity index (χ3n) is 3.40. The van der Waals surface area contributed by atoms with E-state index in [2.05, 4.69) is 18.9 Å². The monoisotopic (exact) mass is 213 g/mol. The topological polar surface area (TPSA) is 12.5 Å². The van der Waals surface area contributed by atoms with Crippen LogP contribution in [0, 0.1) is 11.8 Å². The van der Waals surface area contributed by atoms with Crippen LogP contribution in [0.3, 0.4) is 0 Å². The maximum Gasteiger partial charge on any atom is 0.0490 e. The Bertz CT molecular complexity index is 157. The van der Waals surface area contributed by atoms with Crippen molar-refractivity contribution < 1.29 is 4.74 Å². The van der Waals surface area contributed by atoms with Gasteiger partial charge in [-0.05, 0) is 51.1 Å². The fourth-order valence-electron chi connectivity index (χ4n) is 2.12. The fraction of sp³-hybridized carbons (Fsp3) is 1.00. The SMILES string of the molecule is CCC(CCCN(C)CC1CC1)COC. The summed E-state index contributed by atoms with van der Waals surface area (Å²) in [6.07, 6.45) is 6.82. The summed E-state index contributed by atoms with van der Waals surface area (Å²) >= 11 is 0. The first-order valence-electron chi connectivity index (χ1n) is 6.43. The van der Waals surface area contributed by atoms with Gasteiger partial charge in [0, 0.05) is 20.3 Å². The second kappa shape index (κ2) is 7.24. The normalized spacial score (nSPS) is 18.4. The molecule has 15 heavy (non-hydrogen) atoms. The largest absolute Gasteiger partial charge is 0.384 e. The van der Waals surface area contributed by atoms with Crippen molar-refractivity contribution in [3.8, 4) is 0 Å². The summed E-state index contributed by atoms with van der Waals surface area (Å²) in [6, 6.07) is 0. The maximum absolute atomic E-state index is 5.21. The summed E-state index contributed by atoms with van der Waals surface area (Å²) in [5, 5.41) is 0. The Balaban J connectivity index is 1.97. The minimum Gasteiger partial charge on any atom is -0.384 e. The van der Waals surface area contributed by atoms with Gasteiger partial charge in [0.25, 0.3) is 0 Å². The standard InChI is InChI=1S/C13H27NO/c1-4-12(11-15-3)6-5-9-14(2)10-13-7-8-13/h12-13H,4-11H2,1-3H3. The van der Waals surface area contributed by atoms with Crippen LogP contribution in [0.1, 0.15) is 39.0 Å². The molecule has 90 valence electrons. The lowest BCUT2D eigenvalue weighted by Gasteiger charge is -2.18. The summed E-state index contributed by atoms with van der Waals surface area (Å²) in [5.74, 6) is 1.79. The van der Waals surface area contributed by atoms with E-state index in [9.17, 15) is 0 Å². The lowest BCUT2D eigenvalue weighted by molar-refractivity contribution is 0.142. The Labute approximate surface area is 95.0 Å². The molecular formula is C13H27NO. The second-order valence-electron chi connectivity index (χ2n) is 5.08. The van der Waals surface area contributed by atoms with Crippen LogP contribution in [0.4, 0.5) is 0 Å². The van der Waals surface area contributed by atoms with E-state index in [-0.39, 0.29) is 0 Å². The molecular weight excluding hydrogens is 186 g/mol. The van der Waals surface area contributed by atoms with E-state index in [0.717, 1.165) is 18.4 Å². The predicted octanol–water partition coefficient (Wildman–Crippen LogP) is 2.78. The lowest BCUT2D eigenvalue weighted by atomic mass is 10.0. The van der Waals surface area contributed by atoms with E-state index in [0.29, 0.717) is 0 Å². The first-order valence-corrected chi connectivity index (χ1v) is 6.43. The molecule has 1 aliphatic carbocycles. The van der Waals surface area contributed by atoms with Crippen molar-refractivity contribution in [3.05, 3.63) is 0 Å². The van der Waals surface area contributed by atoms with Gasteiger partial charge in [-0.1, -0.05) is 13.3 Å².